The average molecular weight is 416 g/mol. The van der Waals surface area contributed by atoms with Crippen LogP contribution < -0.4 is 4.90 Å². The molecule has 3 heterocycles. The lowest BCUT2D eigenvalue weighted by Gasteiger charge is -2.34. The number of fused-ring (bicyclic) bond motifs is 5. The standard InChI is InChI=1S/C22H20F4N4/c1-28-6-8-29(9-7-28)22-17(25)11-15-20-16(12-30(5-4-23)21(15)19(22)26)14-3-2-13(24)10-18(14)27-20/h2-3,10-12H,4-9H2,1H3. The van der Waals surface area contributed by atoms with Crippen molar-refractivity contribution in [2.24, 2.45) is 0 Å². The highest BCUT2D eigenvalue weighted by molar-refractivity contribution is 6.07. The molecular formula is C22H20F4N4. The smallest absolute Gasteiger partial charge is 0.173 e. The van der Waals surface area contributed by atoms with Crippen molar-refractivity contribution in [1.29, 1.82) is 0 Å². The molecule has 4 nitrogen and oxygen atoms in total. The van der Waals surface area contributed by atoms with Gasteiger partial charge in [0, 0.05) is 54.8 Å². The molecule has 156 valence electrons. The number of rotatable bonds is 3. The third-order valence-electron chi connectivity index (χ3n) is 5.88. The van der Waals surface area contributed by atoms with Crippen molar-refractivity contribution in [1.82, 2.24) is 14.5 Å². The van der Waals surface area contributed by atoms with Crippen LogP contribution in [0.1, 0.15) is 0 Å². The van der Waals surface area contributed by atoms with E-state index >= 15 is 8.78 Å². The van der Waals surface area contributed by atoms with E-state index in [0.717, 1.165) is 0 Å². The van der Waals surface area contributed by atoms with Gasteiger partial charge in [-0.05, 0) is 25.2 Å². The molecule has 0 amide bonds. The third-order valence-corrected chi connectivity index (χ3v) is 5.88. The predicted octanol–water partition coefficient (Wildman–Crippen LogP) is 4.43. The maximum absolute atomic E-state index is 15.7. The molecule has 0 N–H and O–H groups in total. The van der Waals surface area contributed by atoms with Crippen LogP contribution in [0.15, 0.2) is 30.5 Å². The second kappa shape index (κ2) is 7.12. The van der Waals surface area contributed by atoms with E-state index in [9.17, 15) is 8.78 Å². The Hall–Kier alpha value is -2.87. The van der Waals surface area contributed by atoms with Gasteiger partial charge in [-0.3, -0.25) is 0 Å². The van der Waals surface area contributed by atoms with E-state index in [1.54, 1.807) is 17.2 Å². The number of aryl methyl sites for hydroxylation is 1. The zero-order valence-corrected chi connectivity index (χ0v) is 16.4. The van der Waals surface area contributed by atoms with Gasteiger partial charge < -0.3 is 14.4 Å². The quantitative estimate of drug-likeness (QED) is 0.462. The molecule has 0 aromatic heterocycles. The number of halogens is 4. The zero-order chi connectivity index (χ0) is 21.0. The lowest BCUT2D eigenvalue weighted by Crippen LogP contribution is -2.45. The highest BCUT2D eigenvalue weighted by atomic mass is 19.1. The second-order valence-corrected chi connectivity index (χ2v) is 7.75. The minimum absolute atomic E-state index is 0.0783. The lowest BCUT2D eigenvalue weighted by atomic mass is 10.0. The summed E-state index contributed by atoms with van der Waals surface area (Å²) >= 11 is 0. The van der Waals surface area contributed by atoms with Crippen molar-refractivity contribution >= 4 is 27.5 Å². The van der Waals surface area contributed by atoms with Gasteiger partial charge in [-0.2, -0.15) is 0 Å². The van der Waals surface area contributed by atoms with Crippen LogP contribution in [-0.2, 0) is 6.54 Å². The number of anilines is 1. The van der Waals surface area contributed by atoms with Crippen LogP contribution in [-0.4, -0.2) is 54.4 Å². The molecule has 30 heavy (non-hydrogen) atoms. The average Bonchev–Trinajstić information content (AvgIpc) is 3.07. The van der Waals surface area contributed by atoms with Gasteiger partial charge in [0.15, 0.2) is 5.82 Å². The molecule has 3 aliphatic rings. The minimum Gasteiger partial charge on any atom is -0.364 e. The molecule has 3 aliphatic heterocycles. The normalized spacial score (nSPS) is 15.7. The second-order valence-electron chi connectivity index (χ2n) is 7.75. The summed E-state index contributed by atoms with van der Waals surface area (Å²) in [5, 5.41) is 0.912. The van der Waals surface area contributed by atoms with E-state index < -0.39 is 24.1 Å². The molecule has 2 aromatic rings. The van der Waals surface area contributed by atoms with Crippen molar-refractivity contribution in [2.45, 2.75) is 6.54 Å². The number of pyridine rings is 1. The van der Waals surface area contributed by atoms with Gasteiger partial charge in [-0.15, -0.1) is 0 Å². The van der Waals surface area contributed by atoms with E-state index in [0.29, 0.717) is 48.3 Å². The SMILES string of the molecule is CN1CCN(c2c(F)cc3c4nc5cc(F)ccc5c-4cn(CCF)c3c2F)CC1. The Morgan fingerprint density at radius 3 is 2.50 bits per heavy atom. The van der Waals surface area contributed by atoms with Crippen molar-refractivity contribution in [3.63, 3.8) is 0 Å². The molecule has 5 rings (SSSR count). The molecule has 0 bridgehead atoms. The van der Waals surface area contributed by atoms with Crippen molar-refractivity contribution < 1.29 is 17.6 Å². The first-order valence-electron chi connectivity index (χ1n) is 9.87. The zero-order valence-electron chi connectivity index (χ0n) is 16.4. The Kier molecular flexibility index (Phi) is 4.54. The molecule has 1 saturated heterocycles. The Morgan fingerprint density at radius 2 is 1.77 bits per heavy atom. The van der Waals surface area contributed by atoms with E-state index in [1.807, 2.05) is 7.05 Å². The fourth-order valence-electron chi connectivity index (χ4n) is 4.34. The molecule has 0 spiro atoms. The Bertz CT molecular complexity index is 1230. The fraction of sp³-hybridized carbons (Fsp3) is 0.318. The van der Waals surface area contributed by atoms with Crippen molar-refractivity contribution in [3.05, 3.63) is 47.9 Å². The Balaban J connectivity index is 1.81. The number of alkyl halides is 1. The molecule has 1 fully saturated rings. The van der Waals surface area contributed by atoms with E-state index in [4.69, 9.17) is 0 Å². The summed E-state index contributed by atoms with van der Waals surface area (Å²) in [5.41, 5.74) is 1.40. The highest BCUT2D eigenvalue weighted by Crippen LogP contribution is 2.40. The highest BCUT2D eigenvalue weighted by Gasteiger charge is 2.27. The molecule has 0 unspecified atom stereocenters. The number of hydrogen-bond donors (Lipinski definition) is 0. The lowest BCUT2D eigenvalue weighted by molar-refractivity contribution is 0.310. The van der Waals surface area contributed by atoms with E-state index in [1.165, 1.54) is 22.8 Å². The summed E-state index contributed by atoms with van der Waals surface area (Å²) in [6.45, 7) is 1.61. The maximum atomic E-state index is 15.7. The van der Waals surface area contributed by atoms with Crippen molar-refractivity contribution in [2.75, 3.05) is 44.8 Å². The summed E-state index contributed by atoms with van der Waals surface area (Å²) in [6.07, 6.45) is 1.62. The fourth-order valence-corrected chi connectivity index (χ4v) is 4.34. The first-order chi connectivity index (χ1) is 14.5. The molecular weight excluding hydrogens is 396 g/mol. The topological polar surface area (TPSA) is 24.3 Å². The summed E-state index contributed by atoms with van der Waals surface area (Å²) < 4.78 is 59.3. The van der Waals surface area contributed by atoms with Crippen LogP contribution >= 0.6 is 0 Å². The number of aromatic nitrogens is 2. The van der Waals surface area contributed by atoms with Crippen LogP contribution in [0.4, 0.5) is 23.2 Å². The molecule has 0 saturated carbocycles. The summed E-state index contributed by atoms with van der Waals surface area (Å²) in [5.74, 6) is -1.84. The largest absolute Gasteiger partial charge is 0.364 e. The van der Waals surface area contributed by atoms with Crippen LogP contribution in [0.25, 0.3) is 33.1 Å². The van der Waals surface area contributed by atoms with Gasteiger partial charge in [0.2, 0.25) is 0 Å². The van der Waals surface area contributed by atoms with Crippen molar-refractivity contribution in [3.8, 4) is 11.3 Å². The van der Waals surface area contributed by atoms with Crippen LogP contribution in [0, 0.1) is 17.5 Å². The summed E-state index contributed by atoms with van der Waals surface area (Å²) in [4.78, 5) is 8.23. The third kappa shape index (κ3) is 2.89. The first kappa shape index (κ1) is 19.1. The van der Waals surface area contributed by atoms with Crippen LogP contribution in [0.5, 0.6) is 0 Å². The van der Waals surface area contributed by atoms with Gasteiger partial charge in [0.25, 0.3) is 0 Å². The molecule has 2 aromatic carbocycles. The number of nitrogens with zero attached hydrogens (tertiary/aromatic N) is 4. The summed E-state index contributed by atoms with van der Waals surface area (Å²) in [7, 11) is 1.96. The monoisotopic (exact) mass is 416 g/mol. The number of piperazine rings is 1. The number of benzene rings is 2. The predicted molar refractivity (Wildman–Crippen MR) is 109 cm³/mol. The minimum atomic E-state index is -0.719. The van der Waals surface area contributed by atoms with Gasteiger partial charge in [0.1, 0.15) is 24.0 Å². The molecule has 0 atom stereocenters. The molecule has 0 radical (unpaired) electrons. The molecule has 8 heteroatoms. The van der Waals surface area contributed by atoms with Gasteiger partial charge in [0.05, 0.1) is 23.3 Å². The van der Waals surface area contributed by atoms with E-state index in [2.05, 4.69) is 9.88 Å². The van der Waals surface area contributed by atoms with Crippen LogP contribution in [0.2, 0.25) is 0 Å². The van der Waals surface area contributed by atoms with E-state index in [-0.39, 0.29) is 23.1 Å². The van der Waals surface area contributed by atoms with Crippen LogP contribution in [0.3, 0.4) is 0 Å². The van der Waals surface area contributed by atoms with Gasteiger partial charge >= 0.3 is 0 Å². The maximum Gasteiger partial charge on any atom is 0.173 e. The summed E-state index contributed by atoms with van der Waals surface area (Å²) in [6, 6.07) is 5.44. The van der Waals surface area contributed by atoms with Gasteiger partial charge in [-0.25, -0.2) is 22.5 Å². The first-order valence-corrected chi connectivity index (χ1v) is 9.87. The number of hydrogen-bond acceptors (Lipinski definition) is 3. The number of likely N-dealkylation sites (N-methyl/N-ethyl adjacent to an activating group) is 1. The Morgan fingerprint density at radius 1 is 1.00 bits per heavy atom. The van der Waals surface area contributed by atoms with Gasteiger partial charge in [-0.1, -0.05) is 0 Å². The molecule has 0 aliphatic carbocycles. The Labute approximate surface area is 170 Å².